The number of aryl methyl sites for hydroxylation is 2. The van der Waals surface area contributed by atoms with Crippen LogP contribution in [0.2, 0.25) is 0 Å². The number of carbonyl (C=O) groups is 1. The van der Waals surface area contributed by atoms with Crippen molar-refractivity contribution in [2.75, 3.05) is 6.61 Å². The van der Waals surface area contributed by atoms with E-state index in [1.54, 1.807) is 0 Å². The van der Waals surface area contributed by atoms with Gasteiger partial charge in [-0.3, -0.25) is 4.79 Å². The predicted molar refractivity (Wildman–Crippen MR) is 83.4 cm³/mol. The molecule has 1 N–H and O–H groups in total. The smallest absolute Gasteiger partial charge is 0.223 e. The van der Waals surface area contributed by atoms with E-state index in [4.69, 9.17) is 4.74 Å². The van der Waals surface area contributed by atoms with Crippen molar-refractivity contribution in [3.8, 4) is 5.75 Å². The lowest BCUT2D eigenvalue weighted by molar-refractivity contribution is -0.122. The van der Waals surface area contributed by atoms with Crippen molar-refractivity contribution < 1.29 is 9.53 Å². The van der Waals surface area contributed by atoms with Gasteiger partial charge in [0.05, 0.1) is 13.0 Å². The van der Waals surface area contributed by atoms with Crippen LogP contribution in [-0.2, 0) is 4.79 Å². The molecule has 0 bridgehead atoms. The van der Waals surface area contributed by atoms with Crippen molar-refractivity contribution in [3.63, 3.8) is 0 Å². The van der Waals surface area contributed by atoms with Crippen LogP contribution in [0.25, 0.3) is 0 Å². The molecule has 1 aromatic rings. The van der Waals surface area contributed by atoms with Gasteiger partial charge in [-0.2, -0.15) is 0 Å². The molecule has 3 heteroatoms. The second kappa shape index (κ2) is 6.08. The third-order valence-corrected chi connectivity index (χ3v) is 4.50. The predicted octanol–water partition coefficient (Wildman–Crippen LogP) is 3.38. The maximum absolute atomic E-state index is 12.1. The van der Waals surface area contributed by atoms with Crippen LogP contribution in [-0.4, -0.2) is 18.6 Å². The van der Waals surface area contributed by atoms with Crippen molar-refractivity contribution >= 4 is 5.91 Å². The van der Waals surface area contributed by atoms with Crippen molar-refractivity contribution in [2.24, 2.45) is 11.8 Å². The highest BCUT2D eigenvalue weighted by Crippen LogP contribution is 2.44. The van der Waals surface area contributed by atoms with Gasteiger partial charge < -0.3 is 10.1 Å². The van der Waals surface area contributed by atoms with E-state index >= 15 is 0 Å². The Bertz CT molecular complexity index is 506. The molecule has 0 aromatic heterocycles. The lowest BCUT2D eigenvalue weighted by atomic mass is 10.1. The van der Waals surface area contributed by atoms with Crippen LogP contribution in [0.15, 0.2) is 18.2 Å². The average Bonchev–Trinajstić information content (AvgIpc) is 3.31. The number of carbonyl (C=O) groups excluding carboxylic acids is 1. The number of rotatable bonds is 7. The van der Waals surface area contributed by atoms with E-state index in [0.29, 0.717) is 19.1 Å². The third-order valence-electron chi connectivity index (χ3n) is 4.50. The van der Waals surface area contributed by atoms with Gasteiger partial charge in [-0.1, -0.05) is 17.7 Å². The maximum Gasteiger partial charge on any atom is 0.223 e. The molecule has 1 aromatic carbocycles. The largest absolute Gasteiger partial charge is 0.493 e. The zero-order chi connectivity index (χ0) is 14.8. The summed E-state index contributed by atoms with van der Waals surface area (Å²) >= 11 is 0. The van der Waals surface area contributed by atoms with Crippen molar-refractivity contribution in [3.05, 3.63) is 29.3 Å². The molecule has 2 aliphatic rings. The van der Waals surface area contributed by atoms with Crippen LogP contribution in [0.4, 0.5) is 0 Å². The Morgan fingerprint density at radius 3 is 2.48 bits per heavy atom. The molecule has 0 radical (unpaired) electrons. The fourth-order valence-electron chi connectivity index (χ4n) is 3.00. The third kappa shape index (κ3) is 3.99. The first kappa shape index (κ1) is 14.4. The number of ether oxygens (including phenoxy) is 1. The second-order valence-corrected chi connectivity index (χ2v) is 6.64. The van der Waals surface area contributed by atoms with E-state index in [2.05, 4.69) is 18.3 Å². The van der Waals surface area contributed by atoms with E-state index in [0.717, 1.165) is 23.1 Å². The van der Waals surface area contributed by atoms with Gasteiger partial charge >= 0.3 is 0 Å². The van der Waals surface area contributed by atoms with Gasteiger partial charge in [0.2, 0.25) is 5.91 Å². The monoisotopic (exact) mass is 287 g/mol. The minimum atomic E-state index is 0.142. The van der Waals surface area contributed by atoms with Crippen LogP contribution in [0.5, 0.6) is 5.75 Å². The topological polar surface area (TPSA) is 38.3 Å². The van der Waals surface area contributed by atoms with E-state index in [9.17, 15) is 4.79 Å². The van der Waals surface area contributed by atoms with Gasteiger partial charge in [0.1, 0.15) is 5.75 Å². The summed E-state index contributed by atoms with van der Waals surface area (Å²) in [4.78, 5) is 12.1. The van der Waals surface area contributed by atoms with Gasteiger partial charge in [0, 0.05) is 6.04 Å². The van der Waals surface area contributed by atoms with Crippen LogP contribution in [0, 0.1) is 25.7 Å². The highest BCUT2D eigenvalue weighted by Gasteiger charge is 2.42. The standard InChI is InChI=1S/C18H25NO2/c1-12-3-8-16(13(2)11-12)21-10-9-17(20)19-18(14-4-5-14)15-6-7-15/h3,8,11,14-15,18H,4-7,9-10H2,1-2H3,(H,19,20). The maximum atomic E-state index is 12.1. The molecule has 1 amide bonds. The highest BCUT2D eigenvalue weighted by molar-refractivity contribution is 5.76. The Morgan fingerprint density at radius 2 is 1.90 bits per heavy atom. The van der Waals surface area contributed by atoms with E-state index in [1.165, 1.54) is 31.2 Å². The summed E-state index contributed by atoms with van der Waals surface area (Å²) in [5.41, 5.74) is 2.36. The van der Waals surface area contributed by atoms with Gasteiger partial charge in [0.25, 0.3) is 0 Å². The Hall–Kier alpha value is -1.51. The van der Waals surface area contributed by atoms with Gasteiger partial charge in [-0.15, -0.1) is 0 Å². The number of amides is 1. The number of hydrogen-bond acceptors (Lipinski definition) is 2. The average molecular weight is 287 g/mol. The SMILES string of the molecule is Cc1ccc(OCCC(=O)NC(C2CC2)C2CC2)c(C)c1. The molecular formula is C18H25NO2. The van der Waals surface area contributed by atoms with Crippen molar-refractivity contribution in [2.45, 2.75) is 52.0 Å². The molecular weight excluding hydrogens is 262 g/mol. The second-order valence-electron chi connectivity index (χ2n) is 6.64. The van der Waals surface area contributed by atoms with E-state index < -0.39 is 0 Å². The summed E-state index contributed by atoms with van der Waals surface area (Å²) in [6.45, 7) is 4.57. The molecule has 114 valence electrons. The summed E-state index contributed by atoms with van der Waals surface area (Å²) in [7, 11) is 0. The summed E-state index contributed by atoms with van der Waals surface area (Å²) in [6.07, 6.45) is 5.62. The first-order valence-corrected chi connectivity index (χ1v) is 8.13. The fraction of sp³-hybridized carbons (Fsp3) is 0.611. The first-order valence-electron chi connectivity index (χ1n) is 8.13. The molecule has 0 aliphatic heterocycles. The minimum Gasteiger partial charge on any atom is -0.493 e. The Kier molecular flexibility index (Phi) is 4.18. The summed E-state index contributed by atoms with van der Waals surface area (Å²) < 4.78 is 5.74. The Labute approximate surface area is 127 Å². The molecule has 2 aliphatic carbocycles. The minimum absolute atomic E-state index is 0.142. The number of benzene rings is 1. The van der Waals surface area contributed by atoms with Crippen molar-refractivity contribution in [1.82, 2.24) is 5.32 Å². The first-order chi connectivity index (χ1) is 10.1. The summed E-state index contributed by atoms with van der Waals surface area (Å²) in [5.74, 6) is 2.53. The fourth-order valence-corrected chi connectivity index (χ4v) is 3.00. The molecule has 2 saturated carbocycles. The molecule has 0 atom stereocenters. The molecule has 21 heavy (non-hydrogen) atoms. The summed E-state index contributed by atoms with van der Waals surface area (Å²) in [6, 6.07) is 6.57. The Morgan fingerprint density at radius 1 is 1.24 bits per heavy atom. The van der Waals surface area contributed by atoms with Gasteiger partial charge in [-0.25, -0.2) is 0 Å². The molecule has 0 heterocycles. The molecule has 0 spiro atoms. The molecule has 3 rings (SSSR count). The van der Waals surface area contributed by atoms with Gasteiger partial charge in [-0.05, 0) is 63.0 Å². The molecule has 3 nitrogen and oxygen atoms in total. The van der Waals surface area contributed by atoms with E-state index in [1.807, 2.05) is 19.1 Å². The van der Waals surface area contributed by atoms with Gasteiger partial charge in [0.15, 0.2) is 0 Å². The number of hydrogen-bond donors (Lipinski definition) is 1. The van der Waals surface area contributed by atoms with Crippen LogP contribution in [0.1, 0.15) is 43.2 Å². The Balaban J connectivity index is 1.43. The lowest BCUT2D eigenvalue weighted by Gasteiger charge is -2.17. The normalized spacial score (nSPS) is 17.9. The quantitative estimate of drug-likeness (QED) is 0.835. The van der Waals surface area contributed by atoms with E-state index in [-0.39, 0.29) is 5.91 Å². The molecule has 0 unspecified atom stereocenters. The molecule has 2 fully saturated rings. The van der Waals surface area contributed by atoms with Crippen LogP contribution < -0.4 is 10.1 Å². The zero-order valence-electron chi connectivity index (χ0n) is 13.0. The summed E-state index contributed by atoms with van der Waals surface area (Å²) in [5, 5.41) is 3.23. The van der Waals surface area contributed by atoms with Crippen LogP contribution in [0.3, 0.4) is 0 Å². The lowest BCUT2D eigenvalue weighted by Crippen LogP contribution is -2.38. The number of nitrogens with one attached hydrogen (secondary N) is 1. The molecule has 0 saturated heterocycles. The van der Waals surface area contributed by atoms with Crippen molar-refractivity contribution in [1.29, 1.82) is 0 Å². The zero-order valence-corrected chi connectivity index (χ0v) is 13.0. The highest BCUT2D eigenvalue weighted by atomic mass is 16.5. The van der Waals surface area contributed by atoms with Crippen LogP contribution >= 0.6 is 0 Å².